The number of ketones is 1. The number of hydrogen-bond acceptors (Lipinski definition) is 6. The zero-order valence-corrected chi connectivity index (χ0v) is 11.1. The molecule has 3 rings (SSSR count). The average Bonchev–Trinajstić information content (AvgIpc) is 2.90. The summed E-state index contributed by atoms with van der Waals surface area (Å²) in [5.41, 5.74) is -0.136. The van der Waals surface area contributed by atoms with E-state index in [9.17, 15) is 18.0 Å². The van der Waals surface area contributed by atoms with Crippen molar-refractivity contribution < 1.29 is 22.7 Å². The minimum atomic E-state index is -4.72. The van der Waals surface area contributed by atoms with Crippen LogP contribution in [-0.4, -0.2) is 37.0 Å². The van der Waals surface area contributed by atoms with E-state index < -0.39 is 12.0 Å². The number of carbonyl (C=O) groups excluding carboxylic acids is 1. The van der Waals surface area contributed by atoms with Gasteiger partial charge in [0, 0.05) is 6.20 Å². The number of Topliss-reactive ketones (excluding diaryl/α,β-unsaturated/α-hetero) is 1. The van der Waals surface area contributed by atoms with Crippen molar-refractivity contribution in [2.75, 3.05) is 6.61 Å². The van der Waals surface area contributed by atoms with Gasteiger partial charge >= 0.3 is 6.18 Å². The van der Waals surface area contributed by atoms with Gasteiger partial charge in [-0.3, -0.25) is 4.79 Å². The van der Waals surface area contributed by atoms with E-state index in [0.717, 1.165) is 4.40 Å². The molecule has 0 aliphatic heterocycles. The Morgan fingerprint density at radius 2 is 2.09 bits per heavy atom. The second-order valence-corrected chi connectivity index (χ2v) is 4.43. The molecule has 0 fully saturated rings. The Morgan fingerprint density at radius 3 is 2.77 bits per heavy atom. The lowest BCUT2D eigenvalue weighted by Gasteiger charge is -2.09. The summed E-state index contributed by atoms with van der Waals surface area (Å²) < 4.78 is 45.0. The van der Waals surface area contributed by atoms with Crippen LogP contribution in [0.15, 0.2) is 18.3 Å². The van der Waals surface area contributed by atoms with E-state index in [0.29, 0.717) is 0 Å². The maximum absolute atomic E-state index is 13.1. The van der Waals surface area contributed by atoms with Gasteiger partial charge in [0.25, 0.3) is 5.88 Å². The second kappa shape index (κ2) is 4.90. The molecular formula is C12H8F3N5O2. The number of aromatic nitrogens is 5. The predicted molar refractivity (Wildman–Crippen MR) is 67.3 cm³/mol. The fourth-order valence-electron chi connectivity index (χ4n) is 1.88. The molecule has 114 valence electrons. The molecule has 3 aromatic rings. The zero-order valence-electron chi connectivity index (χ0n) is 11.1. The van der Waals surface area contributed by atoms with E-state index in [2.05, 4.69) is 20.2 Å². The Balaban J connectivity index is 2.32. The number of alkyl halides is 3. The van der Waals surface area contributed by atoms with Gasteiger partial charge in [-0.2, -0.15) is 13.2 Å². The highest BCUT2D eigenvalue weighted by atomic mass is 19.4. The van der Waals surface area contributed by atoms with E-state index in [1.807, 2.05) is 0 Å². The van der Waals surface area contributed by atoms with Crippen molar-refractivity contribution in [3.63, 3.8) is 0 Å². The molecule has 0 bridgehead atoms. The van der Waals surface area contributed by atoms with Gasteiger partial charge in [0.05, 0.1) is 0 Å². The van der Waals surface area contributed by atoms with E-state index in [4.69, 9.17) is 4.74 Å². The molecule has 0 saturated heterocycles. The van der Waals surface area contributed by atoms with Gasteiger partial charge in [0.1, 0.15) is 12.1 Å². The van der Waals surface area contributed by atoms with Gasteiger partial charge in [0.2, 0.25) is 11.5 Å². The molecule has 0 aliphatic carbocycles. The van der Waals surface area contributed by atoms with Crippen LogP contribution in [0.1, 0.15) is 12.7 Å². The van der Waals surface area contributed by atoms with E-state index in [1.165, 1.54) is 25.3 Å². The highest BCUT2D eigenvalue weighted by molar-refractivity contribution is 5.78. The number of fused-ring (bicyclic) bond motifs is 3. The van der Waals surface area contributed by atoms with Crippen LogP contribution in [0.4, 0.5) is 13.2 Å². The Hall–Kier alpha value is -2.78. The summed E-state index contributed by atoms with van der Waals surface area (Å²) in [7, 11) is 0. The molecule has 0 saturated carbocycles. The third kappa shape index (κ3) is 2.32. The van der Waals surface area contributed by atoms with Crippen molar-refractivity contribution in [2.45, 2.75) is 13.1 Å². The lowest BCUT2D eigenvalue weighted by atomic mass is 10.4. The van der Waals surface area contributed by atoms with Crippen LogP contribution in [-0.2, 0) is 11.0 Å². The smallest absolute Gasteiger partial charge is 0.452 e. The third-order valence-corrected chi connectivity index (χ3v) is 2.72. The fraction of sp³-hybridized carbons (Fsp3) is 0.250. The molecule has 22 heavy (non-hydrogen) atoms. The first-order valence-electron chi connectivity index (χ1n) is 6.07. The zero-order chi connectivity index (χ0) is 15.9. The van der Waals surface area contributed by atoms with Crippen molar-refractivity contribution >= 4 is 22.6 Å². The minimum Gasteiger partial charge on any atom is -0.467 e. The Morgan fingerprint density at radius 1 is 1.32 bits per heavy atom. The second-order valence-electron chi connectivity index (χ2n) is 4.43. The first-order valence-corrected chi connectivity index (χ1v) is 6.07. The van der Waals surface area contributed by atoms with Crippen molar-refractivity contribution in [1.82, 2.24) is 24.6 Å². The van der Waals surface area contributed by atoms with Crippen LogP contribution in [0, 0.1) is 0 Å². The normalized spacial score (nSPS) is 12.0. The predicted octanol–water partition coefficient (Wildman–Crippen LogP) is 1.66. The minimum absolute atomic E-state index is 0.0509. The van der Waals surface area contributed by atoms with Crippen molar-refractivity contribution in [2.24, 2.45) is 0 Å². The third-order valence-electron chi connectivity index (χ3n) is 2.72. The number of nitrogens with zero attached hydrogens (tertiary/aromatic N) is 5. The number of pyridine rings is 1. The molecule has 0 radical (unpaired) electrons. The molecule has 0 aromatic carbocycles. The standard InChI is InChI=1S/C12H8F3N5O2/c1-6(21)5-22-10-9-18-19-11(12(13,14)15)20(9)8-7(17-10)3-2-4-16-8/h2-4H,5H2,1H3. The monoisotopic (exact) mass is 311 g/mol. The van der Waals surface area contributed by atoms with Crippen LogP contribution in [0.3, 0.4) is 0 Å². The van der Waals surface area contributed by atoms with Gasteiger partial charge in [-0.15, -0.1) is 10.2 Å². The first kappa shape index (κ1) is 14.2. The Kier molecular flexibility index (Phi) is 3.15. The maximum Gasteiger partial charge on any atom is 0.452 e. The van der Waals surface area contributed by atoms with Crippen LogP contribution >= 0.6 is 0 Å². The molecule has 0 N–H and O–H groups in total. The SMILES string of the molecule is CC(=O)COc1nc2cccnc2n2c(C(F)(F)F)nnc12. The number of rotatable bonds is 3. The van der Waals surface area contributed by atoms with Crippen molar-refractivity contribution in [1.29, 1.82) is 0 Å². The molecule has 0 aliphatic rings. The quantitative estimate of drug-likeness (QED) is 0.731. The average molecular weight is 311 g/mol. The summed E-state index contributed by atoms with van der Waals surface area (Å²) in [4.78, 5) is 18.9. The summed E-state index contributed by atoms with van der Waals surface area (Å²) in [6, 6.07) is 3.00. The summed E-state index contributed by atoms with van der Waals surface area (Å²) in [6.07, 6.45) is -3.39. The summed E-state index contributed by atoms with van der Waals surface area (Å²) in [5.74, 6) is -1.75. The van der Waals surface area contributed by atoms with Gasteiger partial charge in [-0.1, -0.05) is 0 Å². The molecule has 0 atom stereocenters. The molecule has 7 nitrogen and oxygen atoms in total. The van der Waals surface area contributed by atoms with Gasteiger partial charge in [-0.25, -0.2) is 14.4 Å². The van der Waals surface area contributed by atoms with E-state index in [-0.39, 0.29) is 35.1 Å². The lowest BCUT2D eigenvalue weighted by molar-refractivity contribution is -0.145. The number of halogens is 3. The van der Waals surface area contributed by atoms with Gasteiger partial charge in [0.15, 0.2) is 11.4 Å². The Bertz CT molecular complexity index is 874. The highest BCUT2D eigenvalue weighted by Crippen LogP contribution is 2.31. The van der Waals surface area contributed by atoms with E-state index in [1.54, 1.807) is 0 Å². The number of hydrogen-bond donors (Lipinski definition) is 0. The maximum atomic E-state index is 13.1. The molecule has 0 amide bonds. The van der Waals surface area contributed by atoms with Crippen molar-refractivity contribution in [3.8, 4) is 5.88 Å². The lowest BCUT2D eigenvalue weighted by Crippen LogP contribution is -2.13. The summed E-state index contributed by atoms with van der Waals surface area (Å²) >= 11 is 0. The first-order chi connectivity index (χ1) is 10.4. The molecule has 10 heteroatoms. The molecule has 3 aromatic heterocycles. The van der Waals surface area contributed by atoms with Gasteiger partial charge in [-0.05, 0) is 19.1 Å². The highest BCUT2D eigenvalue weighted by Gasteiger charge is 2.38. The van der Waals surface area contributed by atoms with Crippen molar-refractivity contribution in [3.05, 3.63) is 24.2 Å². The van der Waals surface area contributed by atoms with Crippen LogP contribution in [0.5, 0.6) is 5.88 Å². The summed E-state index contributed by atoms with van der Waals surface area (Å²) in [6.45, 7) is 0.952. The molecule has 0 unspecified atom stereocenters. The molecule has 3 heterocycles. The van der Waals surface area contributed by atoms with Crippen LogP contribution in [0.25, 0.3) is 16.8 Å². The largest absolute Gasteiger partial charge is 0.467 e. The molecule has 0 spiro atoms. The van der Waals surface area contributed by atoms with Gasteiger partial charge < -0.3 is 4.74 Å². The number of ether oxygens (including phenoxy) is 1. The van der Waals surface area contributed by atoms with Crippen LogP contribution in [0.2, 0.25) is 0 Å². The van der Waals surface area contributed by atoms with Crippen LogP contribution < -0.4 is 4.74 Å². The number of carbonyl (C=O) groups is 1. The Labute approximate surface area is 120 Å². The van der Waals surface area contributed by atoms with E-state index >= 15 is 0 Å². The fourth-order valence-corrected chi connectivity index (χ4v) is 1.88. The topological polar surface area (TPSA) is 82.3 Å². The summed E-state index contributed by atoms with van der Waals surface area (Å²) in [5, 5.41) is 6.61. The molecular weight excluding hydrogens is 303 g/mol.